The van der Waals surface area contributed by atoms with Crippen LogP contribution in [0.3, 0.4) is 0 Å². The molecule has 0 saturated carbocycles. The van der Waals surface area contributed by atoms with Crippen molar-refractivity contribution in [2.75, 3.05) is 37.8 Å². The first-order valence-electron chi connectivity index (χ1n) is 9.13. The Kier molecular flexibility index (Phi) is 4.76. The number of rotatable bonds is 2. The van der Waals surface area contributed by atoms with Crippen LogP contribution in [0.4, 0.5) is 5.69 Å². The Hall–Kier alpha value is -2.59. The third-order valence-electron chi connectivity index (χ3n) is 4.98. The van der Waals surface area contributed by atoms with Crippen LogP contribution >= 0.6 is 0 Å². The molecule has 1 saturated heterocycles. The van der Waals surface area contributed by atoms with Crippen LogP contribution in [0.25, 0.3) is 6.08 Å². The van der Waals surface area contributed by atoms with Crippen LogP contribution in [0.1, 0.15) is 27.9 Å². The molecule has 2 aliphatic rings. The molecule has 2 aromatic carbocycles. The molecule has 4 rings (SSSR count). The third-order valence-corrected chi connectivity index (χ3v) is 4.98. The summed E-state index contributed by atoms with van der Waals surface area (Å²) in [5.74, 6) is 0.794. The average molecular weight is 349 g/mol. The molecule has 0 atom stereocenters. The maximum atomic E-state index is 12.9. The van der Waals surface area contributed by atoms with Gasteiger partial charge in [-0.15, -0.1) is 0 Å². The molecular weight excluding hydrogens is 326 g/mol. The van der Waals surface area contributed by atoms with Crippen molar-refractivity contribution >= 4 is 17.5 Å². The molecule has 0 N–H and O–H groups in total. The van der Waals surface area contributed by atoms with Gasteiger partial charge in [-0.2, -0.15) is 0 Å². The summed E-state index contributed by atoms with van der Waals surface area (Å²) in [5.41, 5.74) is 4.72. The van der Waals surface area contributed by atoms with Gasteiger partial charge in [0.2, 0.25) is 0 Å². The van der Waals surface area contributed by atoms with Gasteiger partial charge in [-0.1, -0.05) is 24.3 Å². The number of Topliss-reactive ketones (excluding diaryl/α,β-unsaturated/α-hetero) is 1. The minimum Gasteiger partial charge on any atom is -0.492 e. The molecule has 26 heavy (non-hydrogen) atoms. The quantitative estimate of drug-likeness (QED) is 0.771. The molecule has 134 valence electrons. The number of morpholine rings is 1. The van der Waals surface area contributed by atoms with Crippen LogP contribution in [0, 0.1) is 6.92 Å². The van der Waals surface area contributed by atoms with E-state index in [0.29, 0.717) is 18.6 Å². The number of ether oxygens (including phenoxy) is 2. The summed E-state index contributed by atoms with van der Waals surface area (Å²) in [4.78, 5) is 15.3. The number of hydrogen-bond donors (Lipinski definition) is 0. The Bertz CT molecular complexity index is 833. The first kappa shape index (κ1) is 16.9. The van der Waals surface area contributed by atoms with E-state index in [-0.39, 0.29) is 5.78 Å². The number of fused-ring (bicyclic) bond motifs is 1. The Morgan fingerprint density at radius 1 is 1.00 bits per heavy atom. The maximum Gasteiger partial charge on any atom is 0.192 e. The predicted molar refractivity (Wildman–Crippen MR) is 103 cm³/mol. The second-order valence-corrected chi connectivity index (χ2v) is 6.74. The van der Waals surface area contributed by atoms with Crippen molar-refractivity contribution in [3.05, 3.63) is 64.7 Å². The van der Waals surface area contributed by atoms with Crippen molar-refractivity contribution in [2.24, 2.45) is 0 Å². The molecule has 0 bridgehead atoms. The van der Waals surface area contributed by atoms with E-state index in [2.05, 4.69) is 29.2 Å². The summed E-state index contributed by atoms with van der Waals surface area (Å²) < 4.78 is 11.2. The maximum absolute atomic E-state index is 12.9. The second kappa shape index (κ2) is 7.34. The van der Waals surface area contributed by atoms with Gasteiger partial charge in [-0.25, -0.2) is 0 Å². The summed E-state index contributed by atoms with van der Waals surface area (Å²) >= 11 is 0. The predicted octanol–water partition coefficient (Wildman–Crippen LogP) is 3.88. The SMILES string of the molecule is Cc1cccc2c1OCCC(=Cc1ccc(N3CCOCC3)cc1)C2=O. The van der Waals surface area contributed by atoms with Gasteiger partial charge in [0.1, 0.15) is 5.75 Å². The molecule has 4 heteroatoms. The van der Waals surface area contributed by atoms with E-state index in [1.54, 1.807) is 0 Å². The monoisotopic (exact) mass is 349 g/mol. The molecule has 0 aliphatic carbocycles. The number of carbonyl (C=O) groups is 1. The number of ketones is 1. The average Bonchev–Trinajstić information content (AvgIpc) is 2.84. The number of para-hydroxylation sites is 1. The van der Waals surface area contributed by atoms with Crippen molar-refractivity contribution < 1.29 is 14.3 Å². The molecular formula is C22H23NO3. The van der Waals surface area contributed by atoms with Crippen LogP contribution in [-0.4, -0.2) is 38.7 Å². The van der Waals surface area contributed by atoms with Crippen LogP contribution in [0.2, 0.25) is 0 Å². The zero-order valence-electron chi connectivity index (χ0n) is 15.0. The van der Waals surface area contributed by atoms with Crippen LogP contribution < -0.4 is 9.64 Å². The minimum absolute atomic E-state index is 0.0680. The van der Waals surface area contributed by atoms with E-state index >= 15 is 0 Å². The topological polar surface area (TPSA) is 38.8 Å². The molecule has 0 amide bonds. The fraction of sp³-hybridized carbons (Fsp3) is 0.318. The van der Waals surface area contributed by atoms with Crippen molar-refractivity contribution in [3.8, 4) is 5.75 Å². The van der Waals surface area contributed by atoms with Gasteiger partial charge in [0.25, 0.3) is 0 Å². The summed E-state index contributed by atoms with van der Waals surface area (Å²) in [6.45, 7) is 5.91. The highest BCUT2D eigenvalue weighted by molar-refractivity contribution is 6.13. The van der Waals surface area contributed by atoms with Gasteiger partial charge in [0.05, 0.1) is 25.4 Å². The normalized spacial score (nSPS) is 19.0. The van der Waals surface area contributed by atoms with E-state index in [0.717, 1.165) is 48.8 Å². The molecule has 0 aromatic heterocycles. The molecule has 0 spiro atoms. The lowest BCUT2D eigenvalue weighted by molar-refractivity contribution is 0.103. The molecule has 0 radical (unpaired) electrons. The number of hydrogen-bond acceptors (Lipinski definition) is 4. The Balaban J connectivity index is 1.58. The third kappa shape index (κ3) is 3.37. The largest absolute Gasteiger partial charge is 0.492 e. The summed E-state index contributed by atoms with van der Waals surface area (Å²) in [7, 11) is 0. The molecule has 4 nitrogen and oxygen atoms in total. The van der Waals surface area contributed by atoms with Crippen LogP contribution in [0.15, 0.2) is 48.0 Å². The van der Waals surface area contributed by atoms with E-state index in [9.17, 15) is 4.79 Å². The van der Waals surface area contributed by atoms with Crippen LogP contribution in [0.5, 0.6) is 5.75 Å². The van der Waals surface area contributed by atoms with Gasteiger partial charge in [-0.3, -0.25) is 4.79 Å². The first-order chi connectivity index (χ1) is 12.7. The molecule has 0 unspecified atom stereocenters. The van der Waals surface area contributed by atoms with Crippen molar-refractivity contribution in [1.82, 2.24) is 0 Å². The van der Waals surface area contributed by atoms with Crippen molar-refractivity contribution in [3.63, 3.8) is 0 Å². The van der Waals surface area contributed by atoms with Crippen molar-refractivity contribution in [1.29, 1.82) is 0 Å². The van der Waals surface area contributed by atoms with Gasteiger partial charge < -0.3 is 14.4 Å². The van der Waals surface area contributed by atoms with Gasteiger partial charge in [0, 0.05) is 30.8 Å². The molecule has 2 aromatic rings. The zero-order chi connectivity index (χ0) is 17.9. The molecule has 1 fully saturated rings. The second-order valence-electron chi connectivity index (χ2n) is 6.74. The lowest BCUT2D eigenvalue weighted by Gasteiger charge is -2.28. The lowest BCUT2D eigenvalue weighted by atomic mass is 9.97. The summed E-state index contributed by atoms with van der Waals surface area (Å²) in [6.07, 6.45) is 2.62. The zero-order valence-corrected chi connectivity index (χ0v) is 15.0. The van der Waals surface area contributed by atoms with Gasteiger partial charge >= 0.3 is 0 Å². The Morgan fingerprint density at radius 3 is 2.54 bits per heavy atom. The summed E-state index contributed by atoms with van der Waals surface area (Å²) in [6, 6.07) is 14.1. The number of aryl methyl sites for hydroxylation is 1. The van der Waals surface area contributed by atoms with Gasteiger partial charge in [-0.05, 0) is 42.3 Å². The molecule has 2 aliphatic heterocycles. The lowest BCUT2D eigenvalue weighted by Crippen LogP contribution is -2.36. The van der Waals surface area contributed by atoms with Crippen molar-refractivity contribution in [2.45, 2.75) is 13.3 Å². The van der Waals surface area contributed by atoms with E-state index in [1.807, 2.05) is 31.2 Å². The number of benzene rings is 2. The van der Waals surface area contributed by atoms with E-state index < -0.39 is 0 Å². The Labute approximate surface area is 154 Å². The highest BCUT2D eigenvalue weighted by Crippen LogP contribution is 2.30. The standard InChI is InChI=1S/C22H23NO3/c1-16-3-2-4-20-21(24)18(9-12-26-22(16)20)15-17-5-7-19(8-6-17)23-10-13-25-14-11-23/h2-8,15H,9-14H2,1H3. The smallest absolute Gasteiger partial charge is 0.192 e. The fourth-order valence-corrected chi connectivity index (χ4v) is 3.51. The van der Waals surface area contributed by atoms with E-state index in [4.69, 9.17) is 9.47 Å². The number of anilines is 1. The minimum atomic E-state index is 0.0680. The Morgan fingerprint density at radius 2 is 1.77 bits per heavy atom. The highest BCUT2D eigenvalue weighted by atomic mass is 16.5. The fourth-order valence-electron chi connectivity index (χ4n) is 3.51. The number of carbonyl (C=O) groups excluding carboxylic acids is 1. The number of nitrogens with zero attached hydrogens (tertiary/aromatic N) is 1. The van der Waals surface area contributed by atoms with Gasteiger partial charge in [0.15, 0.2) is 5.78 Å². The van der Waals surface area contributed by atoms with E-state index in [1.165, 1.54) is 5.69 Å². The molecule has 2 heterocycles. The first-order valence-corrected chi connectivity index (χ1v) is 9.13. The highest BCUT2D eigenvalue weighted by Gasteiger charge is 2.22. The summed E-state index contributed by atoms with van der Waals surface area (Å²) in [5, 5.41) is 0. The van der Waals surface area contributed by atoms with Crippen LogP contribution in [-0.2, 0) is 4.74 Å².